The van der Waals surface area contributed by atoms with E-state index < -0.39 is 5.97 Å². The lowest BCUT2D eigenvalue weighted by Gasteiger charge is -2.15. The first-order valence-electron chi connectivity index (χ1n) is 6.29. The van der Waals surface area contributed by atoms with E-state index in [1.54, 1.807) is 24.7 Å². The highest BCUT2D eigenvalue weighted by molar-refractivity contribution is 5.86. The molecule has 7 heteroatoms. The van der Waals surface area contributed by atoms with Crippen LogP contribution in [0.1, 0.15) is 35.7 Å². The van der Waals surface area contributed by atoms with E-state index in [-0.39, 0.29) is 24.2 Å². The molecule has 1 atom stereocenters. The normalized spacial score (nSPS) is 12.1. The number of nitrogens with one attached hydrogen (secondary N) is 2. The molecule has 0 saturated carbocycles. The van der Waals surface area contributed by atoms with Crippen molar-refractivity contribution in [1.29, 1.82) is 0 Å². The van der Waals surface area contributed by atoms with E-state index in [2.05, 4.69) is 15.3 Å². The number of hydrogen-bond acceptors (Lipinski definition) is 3. The molecule has 106 valence electrons. The second-order valence-corrected chi connectivity index (χ2v) is 4.33. The molecule has 0 aliphatic carbocycles. The van der Waals surface area contributed by atoms with Crippen LogP contribution in [0, 0.1) is 0 Å². The number of carbonyl (C=O) groups excluding carboxylic acids is 1. The van der Waals surface area contributed by atoms with Gasteiger partial charge in [-0.15, -0.1) is 0 Å². The van der Waals surface area contributed by atoms with Crippen molar-refractivity contribution in [2.75, 3.05) is 0 Å². The summed E-state index contributed by atoms with van der Waals surface area (Å²) in [5.74, 6) is -0.625. The van der Waals surface area contributed by atoms with Crippen LogP contribution in [0.15, 0.2) is 30.7 Å². The third kappa shape index (κ3) is 3.05. The van der Waals surface area contributed by atoms with Gasteiger partial charge in [0.2, 0.25) is 5.91 Å². The maximum absolute atomic E-state index is 12.0. The molecule has 0 aliphatic rings. The molecule has 0 aliphatic heterocycles. The molecule has 0 aromatic carbocycles. The van der Waals surface area contributed by atoms with Crippen LogP contribution in [-0.2, 0) is 11.3 Å². The van der Waals surface area contributed by atoms with Gasteiger partial charge in [-0.25, -0.2) is 9.78 Å². The topological polar surface area (TPSA) is 100 Å². The van der Waals surface area contributed by atoms with Crippen molar-refractivity contribution in [3.63, 3.8) is 0 Å². The Morgan fingerprint density at radius 2 is 2.35 bits per heavy atom. The van der Waals surface area contributed by atoms with Crippen molar-refractivity contribution >= 4 is 11.9 Å². The second kappa shape index (κ2) is 6.05. The number of amides is 1. The zero-order valence-corrected chi connectivity index (χ0v) is 11.0. The predicted octanol–water partition coefficient (Wildman–Crippen LogP) is 1.18. The molecular formula is C13H16N4O3. The SMILES string of the molecule is CCC(NC(=O)Cn1cccc1C(=O)O)c1ncc[nH]1. The first-order valence-corrected chi connectivity index (χ1v) is 6.29. The molecule has 1 amide bonds. The van der Waals surface area contributed by atoms with E-state index in [9.17, 15) is 9.59 Å². The Labute approximate surface area is 115 Å². The summed E-state index contributed by atoms with van der Waals surface area (Å²) in [7, 11) is 0. The van der Waals surface area contributed by atoms with Gasteiger partial charge in [0.15, 0.2) is 0 Å². The van der Waals surface area contributed by atoms with Gasteiger partial charge in [-0.05, 0) is 18.6 Å². The third-order valence-corrected chi connectivity index (χ3v) is 2.96. The molecule has 1 unspecified atom stereocenters. The number of imidazole rings is 1. The molecular weight excluding hydrogens is 260 g/mol. The first-order chi connectivity index (χ1) is 9.61. The largest absolute Gasteiger partial charge is 0.477 e. The highest BCUT2D eigenvalue weighted by Gasteiger charge is 2.16. The molecule has 2 aromatic heterocycles. The Hall–Kier alpha value is -2.57. The van der Waals surface area contributed by atoms with Gasteiger partial charge in [0.1, 0.15) is 18.1 Å². The first kappa shape index (κ1) is 13.9. The lowest BCUT2D eigenvalue weighted by Crippen LogP contribution is -2.32. The minimum absolute atomic E-state index is 0.0359. The second-order valence-electron chi connectivity index (χ2n) is 4.33. The summed E-state index contributed by atoms with van der Waals surface area (Å²) in [6.45, 7) is 1.90. The smallest absolute Gasteiger partial charge is 0.352 e. The van der Waals surface area contributed by atoms with Gasteiger partial charge in [0, 0.05) is 18.6 Å². The molecule has 0 bridgehead atoms. The minimum atomic E-state index is -1.05. The summed E-state index contributed by atoms with van der Waals surface area (Å²) in [6.07, 6.45) is 5.57. The number of H-pyrrole nitrogens is 1. The monoisotopic (exact) mass is 276 g/mol. The summed E-state index contributed by atoms with van der Waals surface area (Å²) < 4.78 is 1.40. The van der Waals surface area contributed by atoms with Gasteiger partial charge >= 0.3 is 5.97 Å². The molecule has 20 heavy (non-hydrogen) atoms. The maximum atomic E-state index is 12.0. The van der Waals surface area contributed by atoms with Crippen molar-refractivity contribution < 1.29 is 14.7 Å². The van der Waals surface area contributed by atoms with E-state index in [4.69, 9.17) is 5.11 Å². The fraction of sp³-hybridized carbons (Fsp3) is 0.308. The minimum Gasteiger partial charge on any atom is -0.477 e. The Kier molecular flexibility index (Phi) is 4.19. The zero-order valence-electron chi connectivity index (χ0n) is 11.0. The van der Waals surface area contributed by atoms with Crippen molar-refractivity contribution in [3.05, 3.63) is 42.2 Å². The van der Waals surface area contributed by atoms with Gasteiger partial charge in [-0.1, -0.05) is 6.92 Å². The quantitative estimate of drug-likeness (QED) is 0.737. The van der Waals surface area contributed by atoms with Crippen molar-refractivity contribution in [1.82, 2.24) is 19.9 Å². The summed E-state index contributed by atoms with van der Waals surface area (Å²) in [4.78, 5) is 30.0. The van der Waals surface area contributed by atoms with E-state index in [0.717, 1.165) is 0 Å². The van der Waals surface area contributed by atoms with E-state index in [1.807, 2.05) is 6.92 Å². The fourth-order valence-electron chi connectivity index (χ4n) is 1.97. The number of aromatic nitrogens is 3. The van der Waals surface area contributed by atoms with Gasteiger partial charge < -0.3 is 20.0 Å². The molecule has 2 aromatic rings. The Bertz CT molecular complexity index is 589. The highest BCUT2D eigenvalue weighted by Crippen LogP contribution is 2.11. The number of rotatable bonds is 6. The third-order valence-electron chi connectivity index (χ3n) is 2.96. The van der Waals surface area contributed by atoms with Crippen LogP contribution < -0.4 is 5.32 Å². The van der Waals surface area contributed by atoms with Crippen LogP contribution in [0.4, 0.5) is 0 Å². The Morgan fingerprint density at radius 1 is 1.55 bits per heavy atom. The zero-order chi connectivity index (χ0) is 14.5. The fourth-order valence-corrected chi connectivity index (χ4v) is 1.97. The molecule has 2 heterocycles. The number of carboxylic acids is 1. The van der Waals surface area contributed by atoms with Crippen LogP contribution in [0.3, 0.4) is 0 Å². The molecule has 3 N–H and O–H groups in total. The van der Waals surface area contributed by atoms with Gasteiger partial charge in [-0.2, -0.15) is 0 Å². The van der Waals surface area contributed by atoms with E-state index in [0.29, 0.717) is 12.2 Å². The number of nitrogens with zero attached hydrogens (tertiary/aromatic N) is 2. The van der Waals surface area contributed by atoms with Crippen LogP contribution >= 0.6 is 0 Å². The van der Waals surface area contributed by atoms with Crippen LogP contribution in [0.25, 0.3) is 0 Å². The summed E-state index contributed by atoms with van der Waals surface area (Å²) in [6, 6.07) is 2.85. The van der Waals surface area contributed by atoms with Crippen molar-refractivity contribution in [2.45, 2.75) is 25.9 Å². The lowest BCUT2D eigenvalue weighted by atomic mass is 10.2. The molecule has 0 spiro atoms. The summed E-state index contributed by atoms with van der Waals surface area (Å²) in [5, 5.41) is 11.8. The number of aromatic carboxylic acids is 1. The van der Waals surface area contributed by atoms with Crippen molar-refractivity contribution in [3.8, 4) is 0 Å². The summed E-state index contributed by atoms with van der Waals surface area (Å²) >= 11 is 0. The van der Waals surface area contributed by atoms with Crippen LogP contribution in [0.2, 0.25) is 0 Å². The molecule has 0 radical (unpaired) electrons. The van der Waals surface area contributed by atoms with Crippen LogP contribution in [-0.4, -0.2) is 31.5 Å². The van der Waals surface area contributed by atoms with Gasteiger partial charge in [0.05, 0.1) is 6.04 Å². The van der Waals surface area contributed by atoms with Crippen LogP contribution in [0.5, 0.6) is 0 Å². The van der Waals surface area contributed by atoms with Gasteiger partial charge in [-0.3, -0.25) is 4.79 Å². The van der Waals surface area contributed by atoms with E-state index in [1.165, 1.54) is 10.6 Å². The predicted molar refractivity (Wildman–Crippen MR) is 71.2 cm³/mol. The van der Waals surface area contributed by atoms with Gasteiger partial charge in [0.25, 0.3) is 0 Å². The van der Waals surface area contributed by atoms with Crippen molar-refractivity contribution in [2.24, 2.45) is 0 Å². The molecule has 0 fully saturated rings. The average Bonchev–Trinajstić information content (AvgIpc) is 3.06. The Balaban J connectivity index is 2.01. The number of hydrogen-bond donors (Lipinski definition) is 3. The number of carboxylic acid groups (broad SMARTS) is 1. The number of aromatic amines is 1. The standard InChI is InChI=1S/C13H16N4O3/c1-2-9(12-14-5-6-15-12)16-11(18)8-17-7-3-4-10(17)13(19)20/h3-7,9H,2,8H2,1H3,(H,14,15)(H,16,18)(H,19,20). The number of carbonyl (C=O) groups is 2. The van der Waals surface area contributed by atoms with E-state index >= 15 is 0 Å². The molecule has 2 rings (SSSR count). The lowest BCUT2D eigenvalue weighted by molar-refractivity contribution is -0.122. The molecule has 0 saturated heterocycles. The maximum Gasteiger partial charge on any atom is 0.352 e. The highest BCUT2D eigenvalue weighted by atomic mass is 16.4. The Morgan fingerprint density at radius 3 is 2.95 bits per heavy atom. The molecule has 7 nitrogen and oxygen atoms in total. The average molecular weight is 276 g/mol. The summed E-state index contributed by atoms with van der Waals surface area (Å²) in [5.41, 5.74) is 0.0891.